The summed E-state index contributed by atoms with van der Waals surface area (Å²) in [7, 11) is -4.15. The Morgan fingerprint density at radius 3 is 2.54 bits per heavy atom. The largest absolute Gasteiger partial charge is 0.324 e. The minimum Gasteiger partial charge on any atom is -0.324 e. The molecule has 0 aliphatic carbocycles. The van der Waals surface area contributed by atoms with Crippen LogP contribution in [0, 0.1) is 12.7 Å². The smallest absolute Gasteiger partial charge is 0.267 e. The van der Waals surface area contributed by atoms with E-state index in [4.69, 9.17) is 0 Å². The van der Waals surface area contributed by atoms with Crippen LogP contribution in [0.3, 0.4) is 0 Å². The summed E-state index contributed by atoms with van der Waals surface area (Å²) in [6.45, 7) is 1.81. The summed E-state index contributed by atoms with van der Waals surface area (Å²) in [5.41, 5.74) is 1.07. The summed E-state index contributed by atoms with van der Waals surface area (Å²) in [4.78, 5) is 24.7. The molecule has 8 heteroatoms. The van der Waals surface area contributed by atoms with Gasteiger partial charge in [-0.1, -0.05) is 23.8 Å². The Bertz CT molecular complexity index is 957. The van der Waals surface area contributed by atoms with Crippen molar-refractivity contribution >= 4 is 27.5 Å². The van der Waals surface area contributed by atoms with Crippen molar-refractivity contribution in [2.75, 3.05) is 5.32 Å². The van der Waals surface area contributed by atoms with Gasteiger partial charge in [0.05, 0.1) is 4.90 Å². The highest BCUT2D eigenvalue weighted by Crippen LogP contribution is 2.28. The van der Waals surface area contributed by atoms with E-state index in [1.807, 2.05) is 6.92 Å². The third kappa shape index (κ3) is 3.45. The molecule has 3 rings (SSSR count). The third-order valence-electron chi connectivity index (χ3n) is 4.13. The molecule has 2 aromatic rings. The molecule has 1 aliphatic rings. The van der Waals surface area contributed by atoms with E-state index in [1.165, 1.54) is 30.3 Å². The predicted molar refractivity (Wildman–Crippen MR) is 93.3 cm³/mol. The van der Waals surface area contributed by atoms with Crippen molar-refractivity contribution in [1.29, 1.82) is 0 Å². The molecule has 1 atom stereocenters. The van der Waals surface area contributed by atoms with Crippen molar-refractivity contribution in [3.05, 3.63) is 59.9 Å². The van der Waals surface area contributed by atoms with E-state index in [9.17, 15) is 22.4 Å². The fourth-order valence-corrected chi connectivity index (χ4v) is 4.42. The number of carbonyl (C=O) groups excluding carboxylic acids is 2. The highest BCUT2D eigenvalue weighted by molar-refractivity contribution is 7.89. The van der Waals surface area contributed by atoms with E-state index in [-0.39, 0.29) is 23.4 Å². The van der Waals surface area contributed by atoms with Crippen LogP contribution in [0.25, 0.3) is 0 Å². The minimum absolute atomic E-state index is 0.0493. The molecular formula is C18H17FN2O4S. The van der Waals surface area contributed by atoms with Crippen LogP contribution in [-0.4, -0.2) is 30.6 Å². The minimum atomic E-state index is -4.15. The number of benzene rings is 2. The number of amides is 2. The molecular weight excluding hydrogens is 359 g/mol. The number of nitrogens with zero attached hydrogens (tertiary/aromatic N) is 1. The Morgan fingerprint density at radius 2 is 1.88 bits per heavy atom. The van der Waals surface area contributed by atoms with Gasteiger partial charge >= 0.3 is 0 Å². The Labute approximate surface area is 150 Å². The zero-order valence-corrected chi connectivity index (χ0v) is 14.8. The van der Waals surface area contributed by atoms with Crippen LogP contribution in [0.5, 0.6) is 0 Å². The molecule has 26 heavy (non-hydrogen) atoms. The number of sulfonamides is 1. The zero-order chi connectivity index (χ0) is 18.9. The van der Waals surface area contributed by atoms with Crippen LogP contribution in [0.15, 0.2) is 53.4 Å². The van der Waals surface area contributed by atoms with Gasteiger partial charge in [0, 0.05) is 12.1 Å². The second-order valence-corrected chi connectivity index (χ2v) is 7.88. The lowest BCUT2D eigenvalue weighted by Crippen LogP contribution is -2.45. The van der Waals surface area contributed by atoms with Gasteiger partial charge in [-0.05, 0) is 43.7 Å². The summed E-state index contributed by atoms with van der Waals surface area (Å²) in [6, 6.07) is 10.1. The first-order valence-corrected chi connectivity index (χ1v) is 9.43. The topological polar surface area (TPSA) is 83.6 Å². The van der Waals surface area contributed by atoms with Crippen LogP contribution in [0.4, 0.5) is 10.1 Å². The molecule has 2 amide bonds. The van der Waals surface area contributed by atoms with E-state index >= 15 is 0 Å². The van der Waals surface area contributed by atoms with Crippen molar-refractivity contribution in [3.63, 3.8) is 0 Å². The van der Waals surface area contributed by atoms with Gasteiger partial charge in [0.15, 0.2) is 0 Å². The molecule has 0 unspecified atom stereocenters. The summed E-state index contributed by atoms with van der Waals surface area (Å²) in [5, 5.41) is 2.47. The maximum absolute atomic E-state index is 13.3. The molecule has 0 radical (unpaired) electrons. The molecule has 1 saturated heterocycles. The Balaban J connectivity index is 1.88. The highest BCUT2D eigenvalue weighted by Gasteiger charge is 2.44. The first kappa shape index (κ1) is 18.1. The van der Waals surface area contributed by atoms with Crippen molar-refractivity contribution in [3.8, 4) is 0 Å². The van der Waals surface area contributed by atoms with E-state index in [0.29, 0.717) is 4.31 Å². The second-order valence-electron chi connectivity index (χ2n) is 6.06. The molecule has 1 N–H and O–H groups in total. The van der Waals surface area contributed by atoms with Gasteiger partial charge in [0.25, 0.3) is 10.0 Å². The SMILES string of the molecule is Cc1ccc(S(=O)(=O)N2C(=O)CC[C@H]2C(=O)Nc2cccc(F)c2)cc1. The van der Waals surface area contributed by atoms with Gasteiger partial charge in [-0.25, -0.2) is 17.1 Å². The average Bonchev–Trinajstić information content (AvgIpc) is 2.98. The lowest BCUT2D eigenvalue weighted by molar-refractivity contribution is -0.128. The highest BCUT2D eigenvalue weighted by atomic mass is 32.2. The maximum Gasteiger partial charge on any atom is 0.267 e. The first-order chi connectivity index (χ1) is 12.3. The van der Waals surface area contributed by atoms with Gasteiger partial charge in [-0.2, -0.15) is 0 Å². The normalized spacial score (nSPS) is 17.4. The molecule has 136 valence electrons. The van der Waals surface area contributed by atoms with Crippen molar-refractivity contribution in [2.24, 2.45) is 0 Å². The third-order valence-corrected chi connectivity index (χ3v) is 5.98. The van der Waals surface area contributed by atoms with E-state index in [2.05, 4.69) is 5.32 Å². The Hall–Kier alpha value is -2.74. The van der Waals surface area contributed by atoms with Gasteiger partial charge in [-0.15, -0.1) is 0 Å². The molecule has 0 bridgehead atoms. The van der Waals surface area contributed by atoms with Crippen LogP contribution in [0.2, 0.25) is 0 Å². The molecule has 2 aromatic carbocycles. The lowest BCUT2D eigenvalue weighted by atomic mass is 10.2. The zero-order valence-electron chi connectivity index (χ0n) is 14.0. The summed E-state index contributed by atoms with van der Waals surface area (Å²) >= 11 is 0. The summed E-state index contributed by atoms with van der Waals surface area (Å²) in [6.07, 6.45) is 0.0252. The van der Waals surface area contributed by atoms with Gasteiger partial charge in [0.1, 0.15) is 11.9 Å². The number of rotatable bonds is 4. The fraction of sp³-hybridized carbons (Fsp3) is 0.222. The molecule has 1 fully saturated rings. The van der Waals surface area contributed by atoms with Crippen LogP contribution >= 0.6 is 0 Å². The number of carbonyl (C=O) groups is 2. The van der Waals surface area contributed by atoms with E-state index in [0.717, 1.165) is 11.6 Å². The number of halogens is 1. The quantitative estimate of drug-likeness (QED) is 0.888. The monoisotopic (exact) mass is 376 g/mol. The predicted octanol–water partition coefficient (Wildman–Crippen LogP) is 2.45. The summed E-state index contributed by atoms with van der Waals surface area (Å²) < 4.78 is 39.6. The van der Waals surface area contributed by atoms with Gasteiger partial charge < -0.3 is 5.32 Å². The number of hydrogen-bond acceptors (Lipinski definition) is 4. The molecule has 0 aromatic heterocycles. The average molecular weight is 376 g/mol. The van der Waals surface area contributed by atoms with Crippen molar-refractivity contribution in [2.45, 2.75) is 30.7 Å². The molecule has 6 nitrogen and oxygen atoms in total. The first-order valence-electron chi connectivity index (χ1n) is 7.99. The van der Waals surface area contributed by atoms with Crippen molar-refractivity contribution in [1.82, 2.24) is 4.31 Å². The lowest BCUT2D eigenvalue weighted by Gasteiger charge is -2.23. The molecule has 0 saturated carbocycles. The number of anilines is 1. The Morgan fingerprint density at radius 1 is 1.19 bits per heavy atom. The second kappa shape index (κ2) is 6.87. The van der Waals surface area contributed by atoms with Gasteiger partial charge in [-0.3, -0.25) is 9.59 Å². The fourth-order valence-electron chi connectivity index (χ4n) is 2.82. The number of aryl methyl sites for hydroxylation is 1. The maximum atomic E-state index is 13.3. The van der Waals surface area contributed by atoms with E-state index in [1.54, 1.807) is 12.1 Å². The Kier molecular flexibility index (Phi) is 4.78. The van der Waals surface area contributed by atoms with Crippen LogP contribution < -0.4 is 5.32 Å². The standard InChI is InChI=1S/C18H17FN2O4S/c1-12-5-7-15(8-6-12)26(24,25)21-16(9-10-17(21)22)18(23)20-14-4-2-3-13(19)11-14/h2-8,11,16H,9-10H2,1H3,(H,20,23)/t16-/m0/s1. The van der Waals surface area contributed by atoms with Crippen molar-refractivity contribution < 1.29 is 22.4 Å². The van der Waals surface area contributed by atoms with Crippen LogP contribution in [0.1, 0.15) is 18.4 Å². The van der Waals surface area contributed by atoms with Crippen LogP contribution in [-0.2, 0) is 19.6 Å². The number of nitrogens with one attached hydrogen (secondary N) is 1. The summed E-state index contributed by atoms with van der Waals surface area (Å²) in [5.74, 6) is -1.84. The van der Waals surface area contributed by atoms with Gasteiger partial charge in [0.2, 0.25) is 11.8 Å². The molecule has 0 spiro atoms. The molecule has 1 aliphatic heterocycles. The number of hydrogen-bond donors (Lipinski definition) is 1. The van der Waals surface area contributed by atoms with E-state index < -0.39 is 33.7 Å². The molecule has 1 heterocycles.